The molecule has 29 heavy (non-hydrogen) atoms. The molecule has 2 aromatic rings. The minimum atomic E-state index is -1.78. The SMILES string of the molecule is CCN(CC)C(=O)n1c([Si](C)(C)C)cc2cccc(B3OC(C)(C)C(C)(C)O3)c21. The van der Waals surface area contributed by atoms with Crippen LogP contribution in [0.2, 0.25) is 19.6 Å². The Labute approximate surface area is 176 Å². The van der Waals surface area contributed by atoms with Crippen molar-refractivity contribution in [2.24, 2.45) is 0 Å². The highest BCUT2D eigenvalue weighted by Gasteiger charge is 2.52. The molecule has 5 nitrogen and oxygen atoms in total. The molecule has 0 bridgehead atoms. The molecule has 1 aromatic carbocycles. The largest absolute Gasteiger partial charge is 0.497 e. The van der Waals surface area contributed by atoms with Crippen molar-refractivity contribution in [3.63, 3.8) is 0 Å². The highest BCUT2D eigenvalue weighted by atomic mass is 28.3. The summed E-state index contributed by atoms with van der Waals surface area (Å²) >= 11 is 0. The number of benzene rings is 1. The molecule has 1 aliphatic heterocycles. The number of para-hydroxylation sites is 1. The predicted molar refractivity (Wildman–Crippen MR) is 124 cm³/mol. The van der Waals surface area contributed by atoms with Gasteiger partial charge in [-0.25, -0.2) is 4.79 Å². The standard InChI is InChI=1S/C22H35BN2O3Si/c1-10-24(11-2)20(26)25-18(29(7,8)9)15-16-13-12-14-17(19(16)25)23-27-21(3,4)22(5,6)28-23/h12-15H,10-11H2,1-9H3. The Morgan fingerprint density at radius 2 is 1.62 bits per heavy atom. The molecular weight excluding hydrogens is 379 g/mol. The third-order valence-electron chi connectivity index (χ3n) is 6.36. The Hall–Kier alpha value is -1.57. The first-order valence-corrected chi connectivity index (χ1v) is 14.1. The molecule has 1 aliphatic rings. The van der Waals surface area contributed by atoms with Gasteiger partial charge in [-0.15, -0.1) is 0 Å². The maximum atomic E-state index is 13.6. The third kappa shape index (κ3) is 3.69. The summed E-state index contributed by atoms with van der Waals surface area (Å²) in [6.07, 6.45) is 0. The highest BCUT2D eigenvalue weighted by Crippen LogP contribution is 2.37. The molecule has 0 atom stereocenters. The summed E-state index contributed by atoms with van der Waals surface area (Å²) in [7, 11) is -2.28. The second-order valence-corrected chi connectivity index (χ2v) is 15.0. The second-order valence-electron chi connectivity index (χ2n) is 9.94. The van der Waals surface area contributed by atoms with Crippen LogP contribution in [0.4, 0.5) is 4.79 Å². The van der Waals surface area contributed by atoms with E-state index in [1.807, 2.05) is 35.4 Å². The molecule has 0 N–H and O–H groups in total. The molecule has 1 fully saturated rings. The fourth-order valence-corrected chi connectivity index (χ4v) is 5.30. The average Bonchev–Trinajstić information content (AvgIpc) is 3.10. The van der Waals surface area contributed by atoms with Gasteiger partial charge in [0.05, 0.1) is 24.8 Å². The van der Waals surface area contributed by atoms with E-state index in [1.165, 1.54) is 0 Å². The van der Waals surface area contributed by atoms with E-state index in [2.05, 4.69) is 59.5 Å². The lowest BCUT2D eigenvalue weighted by atomic mass is 9.78. The first-order valence-electron chi connectivity index (χ1n) is 10.6. The van der Waals surface area contributed by atoms with Gasteiger partial charge in [0.2, 0.25) is 0 Å². The summed E-state index contributed by atoms with van der Waals surface area (Å²) in [5.41, 5.74) is 0.982. The zero-order valence-corrected chi connectivity index (χ0v) is 20.4. The Balaban J connectivity index is 2.27. The van der Waals surface area contributed by atoms with Crippen LogP contribution in [-0.4, -0.2) is 55.0 Å². The lowest BCUT2D eigenvalue weighted by Gasteiger charge is -2.32. The van der Waals surface area contributed by atoms with Gasteiger partial charge in [0.25, 0.3) is 0 Å². The quantitative estimate of drug-likeness (QED) is 0.715. The smallest absolute Gasteiger partial charge is 0.399 e. The molecule has 0 saturated carbocycles. The van der Waals surface area contributed by atoms with Crippen LogP contribution < -0.4 is 10.8 Å². The Kier molecular flexibility index (Phi) is 5.56. The van der Waals surface area contributed by atoms with Crippen LogP contribution in [0.5, 0.6) is 0 Å². The zero-order valence-electron chi connectivity index (χ0n) is 19.4. The van der Waals surface area contributed by atoms with E-state index in [0.29, 0.717) is 13.1 Å². The minimum Gasteiger partial charge on any atom is -0.399 e. The van der Waals surface area contributed by atoms with E-state index in [4.69, 9.17) is 9.31 Å². The number of fused-ring (bicyclic) bond motifs is 1. The van der Waals surface area contributed by atoms with Crippen LogP contribution in [0, 0.1) is 0 Å². The van der Waals surface area contributed by atoms with E-state index in [0.717, 1.165) is 21.7 Å². The maximum absolute atomic E-state index is 13.6. The average molecular weight is 414 g/mol. The lowest BCUT2D eigenvalue weighted by molar-refractivity contribution is 0.00578. The number of nitrogens with zero attached hydrogens (tertiary/aromatic N) is 2. The van der Waals surface area contributed by atoms with Gasteiger partial charge in [0, 0.05) is 23.9 Å². The molecule has 158 valence electrons. The Morgan fingerprint density at radius 1 is 1.07 bits per heavy atom. The van der Waals surface area contributed by atoms with Gasteiger partial charge >= 0.3 is 13.1 Å². The van der Waals surface area contributed by atoms with Crippen LogP contribution in [0.15, 0.2) is 24.3 Å². The fraction of sp³-hybridized carbons (Fsp3) is 0.591. The van der Waals surface area contributed by atoms with Gasteiger partial charge in [-0.2, -0.15) is 0 Å². The molecule has 0 aliphatic carbocycles. The Morgan fingerprint density at radius 3 is 2.10 bits per heavy atom. The van der Waals surface area contributed by atoms with Gasteiger partial charge in [0.1, 0.15) is 0 Å². The molecule has 0 radical (unpaired) electrons. The molecule has 1 saturated heterocycles. The summed E-state index contributed by atoms with van der Waals surface area (Å²) in [4.78, 5) is 15.5. The van der Waals surface area contributed by atoms with Gasteiger partial charge in [0.15, 0.2) is 0 Å². The maximum Gasteiger partial charge on any atom is 0.497 e. The summed E-state index contributed by atoms with van der Waals surface area (Å²) in [5, 5.41) is 2.20. The topological polar surface area (TPSA) is 43.7 Å². The van der Waals surface area contributed by atoms with Crippen molar-refractivity contribution in [2.45, 2.75) is 72.4 Å². The monoisotopic (exact) mass is 414 g/mol. The van der Waals surface area contributed by atoms with Crippen molar-refractivity contribution in [3.8, 4) is 0 Å². The molecule has 1 amide bonds. The van der Waals surface area contributed by atoms with Crippen molar-refractivity contribution in [3.05, 3.63) is 24.3 Å². The van der Waals surface area contributed by atoms with E-state index >= 15 is 0 Å². The van der Waals surface area contributed by atoms with Gasteiger partial charge < -0.3 is 14.2 Å². The van der Waals surface area contributed by atoms with Crippen LogP contribution >= 0.6 is 0 Å². The van der Waals surface area contributed by atoms with Gasteiger partial charge in [-0.05, 0) is 53.0 Å². The van der Waals surface area contributed by atoms with Crippen molar-refractivity contribution in [2.75, 3.05) is 13.1 Å². The van der Waals surface area contributed by atoms with E-state index < -0.39 is 26.4 Å². The fourth-order valence-electron chi connectivity index (χ4n) is 3.83. The summed E-state index contributed by atoms with van der Waals surface area (Å²) in [5.74, 6) is 0. The van der Waals surface area contributed by atoms with Crippen molar-refractivity contribution in [1.82, 2.24) is 9.47 Å². The molecule has 0 spiro atoms. The zero-order chi connectivity index (χ0) is 21.8. The summed E-state index contributed by atoms with van der Waals surface area (Å²) < 4.78 is 14.6. The number of carbonyl (C=O) groups is 1. The first-order chi connectivity index (χ1) is 13.3. The minimum absolute atomic E-state index is 0.0337. The van der Waals surface area contributed by atoms with E-state index in [-0.39, 0.29) is 6.03 Å². The molecule has 1 aromatic heterocycles. The van der Waals surface area contributed by atoms with Gasteiger partial charge in [-0.3, -0.25) is 4.57 Å². The van der Waals surface area contributed by atoms with E-state index in [1.54, 1.807) is 0 Å². The molecule has 7 heteroatoms. The van der Waals surface area contributed by atoms with Gasteiger partial charge in [-0.1, -0.05) is 37.8 Å². The normalized spacial score (nSPS) is 18.4. The van der Waals surface area contributed by atoms with E-state index in [9.17, 15) is 4.79 Å². The summed E-state index contributed by atoms with van der Waals surface area (Å²) in [6, 6.07) is 8.37. The number of rotatable bonds is 4. The third-order valence-corrected chi connectivity index (χ3v) is 8.26. The molecular formula is C22H35BN2O3Si. The number of carbonyl (C=O) groups excluding carboxylic acids is 1. The molecule has 3 rings (SSSR count). The van der Waals surface area contributed by atoms with Crippen LogP contribution in [0.25, 0.3) is 10.9 Å². The van der Waals surface area contributed by atoms with Crippen LogP contribution in [0.1, 0.15) is 41.5 Å². The van der Waals surface area contributed by atoms with Crippen LogP contribution in [-0.2, 0) is 9.31 Å². The molecule has 0 unspecified atom stereocenters. The van der Waals surface area contributed by atoms with Crippen molar-refractivity contribution < 1.29 is 14.1 Å². The molecule has 2 heterocycles. The van der Waals surface area contributed by atoms with Crippen molar-refractivity contribution >= 4 is 42.9 Å². The van der Waals surface area contributed by atoms with Crippen LogP contribution in [0.3, 0.4) is 0 Å². The second kappa shape index (κ2) is 7.29. The summed E-state index contributed by atoms with van der Waals surface area (Å²) in [6.45, 7) is 20.5. The number of hydrogen-bond acceptors (Lipinski definition) is 3. The predicted octanol–water partition coefficient (Wildman–Crippen LogP) is 3.80. The lowest BCUT2D eigenvalue weighted by Crippen LogP contribution is -2.49. The number of hydrogen-bond donors (Lipinski definition) is 0. The number of aromatic nitrogens is 1. The van der Waals surface area contributed by atoms with Crippen molar-refractivity contribution in [1.29, 1.82) is 0 Å². The number of amides is 1. The Bertz CT molecular complexity index is 910. The highest BCUT2D eigenvalue weighted by molar-refractivity contribution is 6.88. The first kappa shape index (κ1) is 22.1.